The van der Waals surface area contributed by atoms with E-state index < -0.39 is 0 Å². The molecule has 1 unspecified atom stereocenters. The van der Waals surface area contributed by atoms with Gasteiger partial charge in [-0.05, 0) is 32.2 Å². The van der Waals surface area contributed by atoms with Gasteiger partial charge in [-0.1, -0.05) is 6.07 Å². The summed E-state index contributed by atoms with van der Waals surface area (Å²) >= 11 is 0. The second kappa shape index (κ2) is 5.71. The lowest BCUT2D eigenvalue weighted by atomic mass is 10.2. The zero-order valence-corrected chi connectivity index (χ0v) is 11.0. The molecule has 0 saturated carbocycles. The zero-order chi connectivity index (χ0) is 13.8. The molecule has 0 spiro atoms. The van der Waals surface area contributed by atoms with Crippen LogP contribution in [0.2, 0.25) is 0 Å². The number of carbonyl (C=O) groups is 2. The smallest absolute Gasteiger partial charge is 0.414 e. The first-order valence-electron chi connectivity index (χ1n) is 6.14. The Morgan fingerprint density at radius 1 is 1.47 bits per heavy atom. The maximum absolute atomic E-state index is 11.8. The molecule has 1 aliphatic heterocycles. The number of rotatable bonds is 4. The molecule has 6 nitrogen and oxygen atoms in total. The quantitative estimate of drug-likeness (QED) is 0.856. The van der Waals surface area contributed by atoms with E-state index in [0.29, 0.717) is 18.8 Å². The molecule has 2 rings (SSSR count). The van der Waals surface area contributed by atoms with Crippen molar-refractivity contribution in [3.8, 4) is 0 Å². The lowest BCUT2D eigenvalue weighted by Gasteiger charge is -2.15. The fourth-order valence-corrected chi connectivity index (χ4v) is 1.76. The van der Waals surface area contributed by atoms with Crippen LogP contribution in [0, 0.1) is 0 Å². The first-order valence-corrected chi connectivity index (χ1v) is 6.14. The molecule has 1 atom stereocenters. The molecular formula is C13H17N3O3. The topological polar surface area (TPSA) is 70.7 Å². The van der Waals surface area contributed by atoms with E-state index in [2.05, 4.69) is 10.6 Å². The van der Waals surface area contributed by atoms with Gasteiger partial charge in [0.05, 0.1) is 12.6 Å². The number of nitrogens with zero attached hydrogens (tertiary/aromatic N) is 1. The monoisotopic (exact) mass is 263 g/mol. The van der Waals surface area contributed by atoms with Crippen LogP contribution in [-0.2, 0) is 9.53 Å². The molecule has 2 N–H and O–H groups in total. The third-order valence-electron chi connectivity index (χ3n) is 3.01. The van der Waals surface area contributed by atoms with Crippen molar-refractivity contribution in [2.45, 2.75) is 13.0 Å². The first kappa shape index (κ1) is 13.4. The Labute approximate surface area is 111 Å². The summed E-state index contributed by atoms with van der Waals surface area (Å²) in [6.07, 6.45) is -0.355. The van der Waals surface area contributed by atoms with Crippen molar-refractivity contribution in [2.75, 3.05) is 30.4 Å². The SMILES string of the molecule is CNC(C)C(=O)Nc1cccc(N2CCOC2=O)c1. The van der Waals surface area contributed by atoms with E-state index in [9.17, 15) is 9.59 Å². The summed E-state index contributed by atoms with van der Waals surface area (Å²) in [7, 11) is 1.72. The molecule has 1 fully saturated rings. The van der Waals surface area contributed by atoms with Gasteiger partial charge in [0.1, 0.15) is 6.61 Å². The van der Waals surface area contributed by atoms with Gasteiger partial charge in [-0.15, -0.1) is 0 Å². The maximum Gasteiger partial charge on any atom is 0.414 e. The predicted molar refractivity (Wildman–Crippen MR) is 72.3 cm³/mol. The Bertz CT molecular complexity index is 490. The summed E-state index contributed by atoms with van der Waals surface area (Å²) in [5, 5.41) is 5.66. The summed E-state index contributed by atoms with van der Waals surface area (Å²) < 4.78 is 4.89. The van der Waals surface area contributed by atoms with Gasteiger partial charge >= 0.3 is 6.09 Å². The van der Waals surface area contributed by atoms with E-state index in [4.69, 9.17) is 4.74 Å². The van der Waals surface area contributed by atoms with Crippen molar-refractivity contribution in [1.29, 1.82) is 0 Å². The molecule has 19 heavy (non-hydrogen) atoms. The normalized spacial score (nSPS) is 16.1. The average Bonchev–Trinajstić information content (AvgIpc) is 2.84. The molecule has 1 heterocycles. The van der Waals surface area contributed by atoms with E-state index in [-0.39, 0.29) is 18.0 Å². The Morgan fingerprint density at radius 2 is 2.26 bits per heavy atom. The number of ether oxygens (including phenoxy) is 1. The third kappa shape index (κ3) is 3.03. The van der Waals surface area contributed by atoms with Gasteiger partial charge in [0.25, 0.3) is 0 Å². The number of cyclic esters (lactones) is 1. The van der Waals surface area contributed by atoms with Crippen molar-refractivity contribution in [3.63, 3.8) is 0 Å². The summed E-state index contributed by atoms with van der Waals surface area (Å²) in [6.45, 7) is 2.70. The number of amides is 2. The minimum atomic E-state index is -0.355. The highest BCUT2D eigenvalue weighted by Gasteiger charge is 2.23. The first-order chi connectivity index (χ1) is 9.11. The van der Waals surface area contributed by atoms with E-state index >= 15 is 0 Å². The molecule has 1 aromatic carbocycles. The lowest BCUT2D eigenvalue weighted by Crippen LogP contribution is -2.35. The Kier molecular flexibility index (Phi) is 4.01. The number of benzene rings is 1. The molecule has 0 aromatic heterocycles. The maximum atomic E-state index is 11.8. The largest absolute Gasteiger partial charge is 0.447 e. The fraction of sp³-hybridized carbons (Fsp3) is 0.385. The highest BCUT2D eigenvalue weighted by Crippen LogP contribution is 2.22. The van der Waals surface area contributed by atoms with Crippen LogP contribution in [0.15, 0.2) is 24.3 Å². The van der Waals surface area contributed by atoms with Crippen molar-refractivity contribution < 1.29 is 14.3 Å². The van der Waals surface area contributed by atoms with Gasteiger partial charge in [-0.25, -0.2) is 4.79 Å². The lowest BCUT2D eigenvalue weighted by molar-refractivity contribution is -0.117. The minimum Gasteiger partial charge on any atom is -0.447 e. The Balaban J connectivity index is 2.11. The number of anilines is 2. The fourth-order valence-electron chi connectivity index (χ4n) is 1.76. The molecule has 0 radical (unpaired) electrons. The van der Waals surface area contributed by atoms with Gasteiger partial charge in [-0.3, -0.25) is 9.69 Å². The van der Waals surface area contributed by atoms with Crippen LogP contribution < -0.4 is 15.5 Å². The second-order valence-electron chi connectivity index (χ2n) is 4.32. The van der Waals surface area contributed by atoms with Crippen LogP contribution in [0.4, 0.5) is 16.2 Å². The average molecular weight is 263 g/mol. The van der Waals surface area contributed by atoms with Crippen LogP contribution in [0.25, 0.3) is 0 Å². The summed E-state index contributed by atoms with van der Waals surface area (Å²) in [5.74, 6) is -0.122. The van der Waals surface area contributed by atoms with Crippen molar-refractivity contribution in [2.24, 2.45) is 0 Å². The summed E-state index contributed by atoms with van der Waals surface area (Å²) in [4.78, 5) is 24.8. The molecule has 6 heteroatoms. The van der Waals surface area contributed by atoms with E-state index in [1.807, 2.05) is 6.07 Å². The van der Waals surface area contributed by atoms with Gasteiger partial charge in [0.15, 0.2) is 0 Å². The van der Waals surface area contributed by atoms with E-state index in [1.165, 1.54) is 4.90 Å². The highest BCUT2D eigenvalue weighted by atomic mass is 16.6. The molecule has 1 aromatic rings. The molecule has 102 valence electrons. The second-order valence-corrected chi connectivity index (χ2v) is 4.32. The molecule has 1 saturated heterocycles. The van der Waals surface area contributed by atoms with E-state index in [0.717, 1.165) is 5.69 Å². The number of nitrogens with one attached hydrogen (secondary N) is 2. The van der Waals surface area contributed by atoms with Crippen LogP contribution in [0.3, 0.4) is 0 Å². The molecule has 2 amide bonds. The molecule has 0 bridgehead atoms. The number of hydrogen-bond acceptors (Lipinski definition) is 4. The summed E-state index contributed by atoms with van der Waals surface area (Å²) in [6, 6.07) is 6.86. The van der Waals surface area contributed by atoms with E-state index in [1.54, 1.807) is 32.2 Å². The van der Waals surface area contributed by atoms with Crippen LogP contribution in [0.1, 0.15) is 6.92 Å². The van der Waals surface area contributed by atoms with Crippen LogP contribution >= 0.6 is 0 Å². The number of likely N-dealkylation sites (N-methyl/N-ethyl adjacent to an activating group) is 1. The molecule has 1 aliphatic rings. The molecular weight excluding hydrogens is 246 g/mol. The molecule has 0 aliphatic carbocycles. The highest BCUT2D eigenvalue weighted by molar-refractivity contribution is 5.96. The minimum absolute atomic E-state index is 0.122. The Hall–Kier alpha value is -2.08. The van der Waals surface area contributed by atoms with Crippen LogP contribution in [0.5, 0.6) is 0 Å². The van der Waals surface area contributed by atoms with Gasteiger partial charge in [0.2, 0.25) is 5.91 Å². The van der Waals surface area contributed by atoms with Crippen LogP contribution in [-0.4, -0.2) is 38.2 Å². The predicted octanol–water partition coefficient (Wildman–Crippen LogP) is 1.19. The van der Waals surface area contributed by atoms with Crippen molar-refractivity contribution in [1.82, 2.24) is 5.32 Å². The van der Waals surface area contributed by atoms with Crippen molar-refractivity contribution in [3.05, 3.63) is 24.3 Å². The third-order valence-corrected chi connectivity index (χ3v) is 3.01. The van der Waals surface area contributed by atoms with Gasteiger partial charge in [-0.2, -0.15) is 0 Å². The van der Waals surface area contributed by atoms with Gasteiger partial charge in [0, 0.05) is 11.4 Å². The van der Waals surface area contributed by atoms with Gasteiger partial charge < -0.3 is 15.4 Å². The zero-order valence-electron chi connectivity index (χ0n) is 11.0. The Morgan fingerprint density at radius 3 is 2.89 bits per heavy atom. The standard InChI is InChI=1S/C13H17N3O3/c1-9(14-2)12(17)15-10-4-3-5-11(8-10)16-6-7-19-13(16)18/h3-5,8-9,14H,6-7H2,1-2H3,(H,15,17). The number of hydrogen-bond donors (Lipinski definition) is 2. The number of carbonyl (C=O) groups excluding carboxylic acids is 2. The van der Waals surface area contributed by atoms with Crippen molar-refractivity contribution >= 4 is 23.4 Å². The summed E-state index contributed by atoms with van der Waals surface area (Å²) in [5.41, 5.74) is 1.38.